The first-order valence-electron chi connectivity index (χ1n) is 6.31. The molecular weight excluding hydrogens is 333 g/mol. The zero-order valence-corrected chi connectivity index (χ0v) is 12.2. The number of benzene rings is 2. The highest BCUT2D eigenvalue weighted by Crippen LogP contribution is 2.31. The van der Waals surface area contributed by atoms with Gasteiger partial charge in [0.25, 0.3) is 0 Å². The number of aliphatic carboxylic acids is 1. The number of rotatable bonds is 4. The van der Waals surface area contributed by atoms with Crippen molar-refractivity contribution in [2.75, 3.05) is 0 Å². The Kier molecular flexibility index (Phi) is 4.95. The molecule has 0 bridgehead atoms. The maximum atomic E-state index is 12.3. The van der Waals surface area contributed by atoms with Gasteiger partial charge in [-0.15, -0.1) is 13.2 Å². The lowest BCUT2D eigenvalue weighted by Crippen LogP contribution is -2.17. The van der Waals surface area contributed by atoms with Crippen LogP contribution in [0.5, 0.6) is 5.75 Å². The van der Waals surface area contributed by atoms with Gasteiger partial charge in [-0.3, -0.25) is 0 Å². The van der Waals surface area contributed by atoms with E-state index in [9.17, 15) is 18.0 Å². The normalized spacial score (nSPS) is 11.7. The summed E-state index contributed by atoms with van der Waals surface area (Å²) in [5, 5.41) is 9.09. The van der Waals surface area contributed by atoms with Gasteiger partial charge in [0.2, 0.25) is 0 Å². The van der Waals surface area contributed by atoms with Gasteiger partial charge < -0.3 is 9.84 Å². The Labute approximate surface area is 134 Å². The molecule has 0 radical (unpaired) electrons. The van der Waals surface area contributed by atoms with Gasteiger partial charge in [-0.2, -0.15) is 0 Å². The Morgan fingerprint density at radius 1 is 1.17 bits per heavy atom. The molecule has 1 N–H and O–H groups in total. The first kappa shape index (κ1) is 16.9. The van der Waals surface area contributed by atoms with Gasteiger partial charge in [-0.25, -0.2) is 4.79 Å². The van der Waals surface area contributed by atoms with Crippen molar-refractivity contribution in [1.29, 1.82) is 0 Å². The Bertz CT molecular complexity index is 754. The van der Waals surface area contributed by atoms with Crippen LogP contribution in [0.2, 0.25) is 5.02 Å². The molecular formula is C16H10ClF3O3. The van der Waals surface area contributed by atoms with Crippen molar-refractivity contribution in [3.8, 4) is 16.9 Å². The molecule has 0 atom stereocenters. The number of carboxylic acid groups (broad SMARTS) is 1. The number of carbonyl (C=O) groups is 1. The van der Waals surface area contributed by atoms with Gasteiger partial charge in [0, 0.05) is 11.1 Å². The molecule has 0 unspecified atom stereocenters. The van der Waals surface area contributed by atoms with Crippen molar-refractivity contribution in [3.05, 3.63) is 59.1 Å². The second kappa shape index (κ2) is 6.75. The smallest absolute Gasteiger partial charge is 0.478 e. The summed E-state index contributed by atoms with van der Waals surface area (Å²) in [7, 11) is 0. The van der Waals surface area contributed by atoms with E-state index in [1.54, 1.807) is 18.2 Å². The van der Waals surface area contributed by atoms with Crippen molar-refractivity contribution in [1.82, 2.24) is 0 Å². The van der Waals surface area contributed by atoms with Crippen LogP contribution in [0.15, 0.2) is 48.5 Å². The molecule has 3 nitrogen and oxygen atoms in total. The predicted molar refractivity (Wildman–Crippen MR) is 80.2 cm³/mol. The second-order valence-electron chi connectivity index (χ2n) is 4.48. The van der Waals surface area contributed by atoms with Gasteiger partial charge >= 0.3 is 12.3 Å². The lowest BCUT2D eigenvalue weighted by Gasteiger charge is -2.11. The van der Waals surface area contributed by atoms with E-state index in [-0.39, 0.29) is 5.75 Å². The lowest BCUT2D eigenvalue weighted by molar-refractivity contribution is -0.274. The van der Waals surface area contributed by atoms with Crippen molar-refractivity contribution < 1.29 is 27.8 Å². The van der Waals surface area contributed by atoms with Crippen molar-refractivity contribution in [2.24, 2.45) is 0 Å². The highest BCUT2D eigenvalue weighted by Gasteiger charge is 2.31. The average molecular weight is 343 g/mol. The SMILES string of the molecule is O=C(O)/C=C/c1cc(Cl)ccc1-c1cccc(OC(F)(F)F)c1. The quantitative estimate of drug-likeness (QED) is 0.795. The summed E-state index contributed by atoms with van der Waals surface area (Å²) >= 11 is 5.88. The van der Waals surface area contributed by atoms with E-state index in [0.29, 0.717) is 21.7 Å². The summed E-state index contributed by atoms with van der Waals surface area (Å²) in [6.45, 7) is 0. The van der Waals surface area contributed by atoms with Crippen LogP contribution in [0.25, 0.3) is 17.2 Å². The Balaban J connectivity index is 2.45. The topological polar surface area (TPSA) is 46.5 Å². The summed E-state index contributed by atoms with van der Waals surface area (Å²) in [6.07, 6.45) is -2.54. The van der Waals surface area contributed by atoms with Crippen LogP contribution in [-0.4, -0.2) is 17.4 Å². The Morgan fingerprint density at radius 2 is 1.91 bits per heavy atom. The van der Waals surface area contributed by atoms with Crippen molar-refractivity contribution >= 4 is 23.6 Å². The minimum atomic E-state index is -4.79. The Morgan fingerprint density at radius 3 is 2.57 bits per heavy atom. The second-order valence-corrected chi connectivity index (χ2v) is 4.92. The van der Waals surface area contributed by atoms with Crippen LogP contribution in [0.1, 0.15) is 5.56 Å². The van der Waals surface area contributed by atoms with E-state index in [1.165, 1.54) is 30.3 Å². The standard InChI is InChI=1S/C16H10ClF3O3/c17-12-5-6-14(11(8-12)4-7-15(21)22)10-2-1-3-13(9-10)23-16(18,19)20/h1-9H,(H,21,22)/b7-4+. The van der Waals surface area contributed by atoms with Crippen LogP contribution >= 0.6 is 11.6 Å². The van der Waals surface area contributed by atoms with E-state index in [4.69, 9.17) is 16.7 Å². The van der Waals surface area contributed by atoms with E-state index >= 15 is 0 Å². The molecule has 7 heteroatoms. The van der Waals surface area contributed by atoms with Gasteiger partial charge in [-0.1, -0.05) is 29.8 Å². The largest absolute Gasteiger partial charge is 0.573 e. The van der Waals surface area contributed by atoms with E-state index < -0.39 is 12.3 Å². The van der Waals surface area contributed by atoms with Crippen LogP contribution in [0.3, 0.4) is 0 Å². The zero-order chi connectivity index (χ0) is 17.0. The lowest BCUT2D eigenvalue weighted by atomic mass is 9.99. The van der Waals surface area contributed by atoms with Crippen molar-refractivity contribution in [2.45, 2.75) is 6.36 Å². The number of halogens is 4. The number of ether oxygens (including phenoxy) is 1. The highest BCUT2D eigenvalue weighted by atomic mass is 35.5. The minimum Gasteiger partial charge on any atom is -0.478 e. The number of carboxylic acids is 1. The monoisotopic (exact) mass is 342 g/mol. The van der Waals surface area contributed by atoms with Crippen molar-refractivity contribution in [3.63, 3.8) is 0 Å². The molecule has 23 heavy (non-hydrogen) atoms. The third kappa shape index (κ3) is 5.03. The first-order chi connectivity index (χ1) is 10.7. The first-order valence-corrected chi connectivity index (χ1v) is 6.69. The molecule has 2 rings (SSSR count). The van der Waals surface area contributed by atoms with Gasteiger partial charge in [-0.05, 0) is 47.0 Å². The zero-order valence-electron chi connectivity index (χ0n) is 11.5. The summed E-state index contributed by atoms with van der Waals surface area (Å²) in [6, 6.07) is 10.1. The molecule has 0 aliphatic carbocycles. The number of alkyl halides is 3. The predicted octanol–water partition coefficient (Wildman–Crippen LogP) is 5.00. The molecule has 0 fully saturated rings. The third-order valence-corrected chi connectivity index (χ3v) is 3.03. The summed E-state index contributed by atoms with van der Waals surface area (Å²) in [5.41, 5.74) is 1.43. The fourth-order valence-corrected chi connectivity index (χ4v) is 2.14. The number of hydrogen-bond acceptors (Lipinski definition) is 2. The molecule has 0 aromatic heterocycles. The fourth-order valence-electron chi connectivity index (χ4n) is 1.96. The summed E-state index contributed by atoms with van der Waals surface area (Å²) in [5.74, 6) is -1.51. The molecule has 0 aliphatic rings. The van der Waals surface area contributed by atoms with E-state index in [1.807, 2.05) is 0 Å². The van der Waals surface area contributed by atoms with Gasteiger partial charge in [0.1, 0.15) is 5.75 Å². The average Bonchev–Trinajstić information content (AvgIpc) is 2.43. The molecule has 2 aromatic rings. The molecule has 0 saturated carbocycles. The molecule has 0 amide bonds. The van der Waals surface area contributed by atoms with Gasteiger partial charge in [0.05, 0.1) is 0 Å². The number of hydrogen-bond donors (Lipinski definition) is 1. The molecule has 0 aliphatic heterocycles. The molecule has 0 saturated heterocycles. The Hall–Kier alpha value is -2.47. The molecule has 0 heterocycles. The molecule has 2 aromatic carbocycles. The van der Waals surface area contributed by atoms with Crippen LogP contribution in [0.4, 0.5) is 13.2 Å². The summed E-state index contributed by atoms with van der Waals surface area (Å²) in [4.78, 5) is 10.7. The maximum absolute atomic E-state index is 12.3. The third-order valence-electron chi connectivity index (χ3n) is 2.80. The minimum absolute atomic E-state index is 0.363. The van der Waals surface area contributed by atoms with Crippen LogP contribution < -0.4 is 4.74 Å². The van der Waals surface area contributed by atoms with E-state index in [2.05, 4.69) is 4.74 Å². The van der Waals surface area contributed by atoms with Gasteiger partial charge in [0.15, 0.2) is 0 Å². The molecule has 0 spiro atoms. The fraction of sp³-hybridized carbons (Fsp3) is 0.0625. The van der Waals surface area contributed by atoms with E-state index in [0.717, 1.165) is 6.08 Å². The van der Waals surface area contributed by atoms with Crippen LogP contribution in [-0.2, 0) is 4.79 Å². The van der Waals surface area contributed by atoms with Crippen LogP contribution in [0, 0.1) is 0 Å². The maximum Gasteiger partial charge on any atom is 0.573 e. The summed E-state index contributed by atoms with van der Waals surface area (Å²) < 4.78 is 40.8. The molecule has 120 valence electrons. The highest BCUT2D eigenvalue weighted by molar-refractivity contribution is 6.30.